The second-order valence-corrected chi connectivity index (χ2v) is 9.96. The number of nitrogens with zero attached hydrogens (tertiary/aromatic N) is 3. The molecule has 3 fully saturated rings. The van der Waals surface area contributed by atoms with E-state index in [1.165, 1.54) is 5.56 Å². The number of piperidine rings is 1. The molecule has 3 heterocycles. The lowest BCUT2D eigenvalue weighted by atomic mass is 9.95. The van der Waals surface area contributed by atoms with Crippen LogP contribution in [0.15, 0.2) is 48.5 Å². The van der Waals surface area contributed by atoms with Crippen LogP contribution in [-0.2, 0) is 20.7 Å². The third-order valence-electron chi connectivity index (χ3n) is 7.87. The minimum Gasteiger partial charge on any atom is -0.497 e. The van der Waals surface area contributed by atoms with E-state index in [1.54, 1.807) is 41.2 Å². The fraction of sp³-hybridized carbons (Fsp3) is 0.483. The summed E-state index contributed by atoms with van der Waals surface area (Å²) < 4.78 is 17.0. The molecule has 5 rings (SSSR count). The van der Waals surface area contributed by atoms with Crippen LogP contribution < -0.4 is 4.74 Å². The molecule has 202 valence electrons. The smallest absolute Gasteiger partial charge is 0.256 e. The second-order valence-electron chi connectivity index (χ2n) is 9.96. The number of likely N-dealkylation sites (tertiary alicyclic amines) is 1. The lowest BCUT2D eigenvalue weighted by Gasteiger charge is -2.45. The van der Waals surface area contributed by atoms with Crippen LogP contribution >= 0.6 is 0 Å². The van der Waals surface area contributed by atoms with E-state index in [2.05, 4.69) is 6.92 Å². The number of carbonyl (C=O) groups is 3. The largest absolute Gasteiger partial charge is 0.497 e. The molecule has 1 unspecified atom stereocenters. The topological polar surface area (TPSA) is 88.6 Å². The van der Waals surface area contributed by atoms with Gasteiger partial charge in [-0.05, 0) is 48.4 Å². The summed E-state index contributed by atoms with van der Waals surface area (Å²) in [5, 5.41) is 0. The van der Waals surface area contributed by atoms with Gasteiger partial charge in [-0.3, -0.25) is 19.3 Å². The molecule has 38 heavy (non-hydrogen) atoms. The van der Waals surface area contributed by atoms with Gasteiger partial charge in [0.05, 0.1) is 26.9 Å². The monoisotopic (exact) mass is 521 g/mol. The lowest BCUT2D eigenvalue weighted by molar-refractivity contribution is -0.141. The second kappa shape index (κ2) is 11.1. The first-order chi connectivity index (χ1) is 18.5. The Morgan fingerprint density at radius 3 is 2.08 bits per heavy atom. The molecule has 3 amide bonds. The molecule has 0 aliphatic carbocycles. The first kappa shape index (κ1) is 26.2. The van der Waals surface area contributed by atoms with Gasteiger partial charge in [0.15, 0.2) is 0 Å². The summed E-state index contributed by atoms with van der Waals surface area (Å²) in [5.74, 6) is 0.233. The highest BCUT2D eigenvalue weighted by Gasteiger charge is 2.55. The molecule has 0 saturated carbocycles. The van der Waals surface area contributed by atoms with Crippen molar-refractivity contribution >= 4 is 17.7 Å². The number of hydrogen-bond donors (Lipinski definition) is 0. The normalized spacial score (nSPS) is 21.0. The van der Waals surface area contributed by atoms with Crippen molar-refractivity contribution in [3.05, 3.63) is 65.2 Å². The fourth-order valence-corrected chi connectivity index (χ4v) is 5.55. The summed E-state index contributed by atoms with van der Waals surface area (Å²) in [6.45, 7) is 5.01. The van der Waals surface area contributed by atoms with Crippen molar-refractivity contribution in [2.45, 2.75) is 38.0 Å². The minimum absolute atomic E-state index is 0.0329. The average Bonchev–Trinajstić information content (AvgIpc) is 3.35. The molecule has 0 aromatic heterocycles. The van der Waals surface area contributed by atoms with Crippen molar-refractivity contribution in [3.8, 4) is 5.75 Å². The Hall–Kier alpha value is -3.43. The Bertz CT molecular complexity index is 1150. The van der Waals surface area contributed by atoms with E-state index in [9.17, 15) is 14.4 Å². The van der Waals surface area contributed by atoms with Crippen molar-refractivity contribution in [1.82, 2.24) is 14.7 Å². The van der Waals surface area contributed by atoms with Crippen LogP contribution in [0.2, 0.25) is 0 Å². The number of rotatable bonds is 5. The van der Waals surface area contributed by atoms with Gasteiger partial charge in [0.1, 0.15) is 17.5 Å². The van der Waals surface area contributed by atoms with Crippen LogP contribution in [0.1, 0.15) is 46.0 Å². The number of methoxy groups -OCH3 is 1. The molecule has 3 aliphatic heterocycles. The van der Waals surface area contributed by atoms with Crippen LogP contribution in [0.3, 0.4) is 0 Å². The Balaban J connectivity index is 1.37. The van der Waals surface area contributed by atoms with Gasteiger partial charge < -0.3 is 24.0 Å². The summed E-state index contributed by atoms with van der Waals surface area (Å²) in [4.78, 5) is 45.9. The molecule has 0 N–H and O–H groups in total. The summed E-state index contributed by atoms with van der Waals surface area (Å²) in [6, 6.07) is 13.9. The highest BCUT2D eigenvalue weighted by molar-refractivity contribution is 5.99. The number of aryl methyl sites for hydroxylation is 1. The van der Waals surface area contributed by atoms with Gasteiger partial charge in [-0.1, -0.05) is 19.1 Å². The molecule has 1 spiro atoms. The molecule has 0 bridgehead atoms. The zero-order chi connectivity index (χ0) is 26.7. The van der Waals surface area contributed by atoms with Crippen LogP contribution in [0.25, 0.3) is 0 Å². The zero-order valence-corrected chi connectivity index (χ0v) is 22.1. The summed E-state index contributed by atoms with van der Waals surface area (Å²) in [5.41, 5.74) is 1.34. The van der Waals surface area contributed by atoms with E-state index in [4.69, 9.17) is 14.2 Å². The minimum atomic E-state index is -0.952. The van der Waals surface area contributed by atoms with Crippen molar-refractivity contribution in [1.29, 1.82) is 0 Å². The van der Waals surface area contributed by atoms with Gasteiger partial charge in [0.25, 0.3) is 11.8 Å². The number of benzene rings is 2. The molecular weight excluding hydrogens is 486 g/mol. The molecule has 3 aliphatic rings. The number of carbonyl (C=O) groups excluding carboxylic acids is 3. The van der Waals surface area contributed by atoms with E-state index in [0.717, 1.165) is 6.42 Å². The maximum absolute atomic E-state index is 13.9. The van der Waals surface area contributed by atoms with E-state index >= 15 is 0 Å². The first-order valence-electron chi connectivity index (χ1n) is 13.3. The zero-order valence-electron chi connectivity index (χ0n) is 22.1. The maximum Gasteiger partial charge on any atom is 0.256 e. The molecule has 0 radical (unpaired) electrons. The summed E-state index contributed by atoms with van der Waals surface area (Å²) in [6.07, 6.45) is 1.78. The Morgan fingerprint density at radius 1 is 0.868 bits per heavy atom. The third kappa shape index (κ3) is 5.00. The number of hydrogen-bond acceptors (Lipinski definition) is 6. The van der Waals surface area contributed by atoms with Crippen LogP contribution in [0.4, 0.5) is 0 Å². The van der Waals surface area contributed by atoms with Crippen molar-refractivity contribution in [3.63, 3.8) is 0 Å². The summed E-state index contributed by atoms with van der Waals surface area (Å²) in [7, 11) is 1.57. The van der Waals surface area contributed by atoms with Gasteiger partial charge in [-0.15, -0.1) is 0 Å². The van der Waals surface area contributed by atoms with E-state index in [-0.39, 0.29) is 24.3 Å². The van der Waals surface area contributed by atoms with Gasteiger partial charge in [-0.2, -0.15) is 0 Å². The van der Waals surface area contributed by atoms with Crippen molar-refractivity contribution < 1.29 is 28.6 Å². The van der Waals surface area contributed by atoms with Gasteiger partial charge in [-0.25, -0.2) is 0 Å². The average molecular weight is 522 g/mol. The first-order valence-corrected chi connectivity index (χ1v) is 13.3. The molecule has 3 saturated heterocycles. The molecule has 9 heteroatoms. The summed E-state index contributed by atoms with van der Waals surface area (Å²) >= 11 is 0. The Morgan fingerprint density at radius 2 is 1.47 bits per heavy atom. The number of ether oxygens (including phenoxy) is 3. The van der Waals surface area contributed by atoms with Crippen LogP contribution in [-0.4, -0.2) is 97.3 Å². The van der Waals surface area contributed by atoms with Gasteiger partial charge >= 0.3 is 0 Å². The van der Waals surface area contributed by atoms with E-state index < -0.39 is 11.8 Å². The molecule has 2 aromatic rings. The van der Waals surface area contributed by atoms with Crippen molar-refractivity contribution in [2.24, 2.45) is 0 Å². The SMILES string of the molecule is CCc1ccc(C(=O)N2CCC3(CC2)OCC(C(=O)N2CCOCC2)N3C(=O)c2ccc(OC)cc2)cc1. The quantitative estimate of drug-likeness (QED) is 0.601. The predicted octanol–water partition coefficient (Wildman–Crippen LogP) is 2.59. The number of amides is 3. The predicted molar refractivity (Wildman–Crippen MR) is 140 cm³/mol. The third-order valence-corrected chi connectivity index (χ3v) is 7.87. The maximum atomic E-state index is 13.9. The highest BCUT2D eigenvalue weighted by Crippen LogP contribution is 2.39. The molecule has 9 nitrogen and oxygen atoms in total. The molecule has 1 atom stereocenters. The van der Waals surface area contributed by atoms with E-state index in [1.807, 2.05) is 29.2 Å². The van der Waals surface area contributed by atoms with Gasteiger partial charge in [0.2, 0.25) is 5.91 Å². The van der Waals surface area contributed by atoms with Crippen LogP contribution in [0, 0.1) is 0 Å². The standard InChI is InChI=1S/C29H35N3O6/c1-3-21-4-6-22(7-5-21)26(33)30-14-12-29(13-15-30)32(27(34)23-8-10-24(36-2)11-9-23)25(20-38-29)28(35)31-16-18-37-19-17-31/h4-11,25H,3,12-20H2,1-2H3. The fourth-order valence-electron chi connectivity index (χ4n) is 5.55. The van der Waals surface area contributed by atoms with Crippen LogP contribution in [0.5, 0.6) is 5.75 Å². The van der Waals surface area contributed by atoms with Crippen molar-refractivity contribution in [2.75, 3.05) is 53.1 Å². The molecular formula is C29H35N3O6. The highest BCUT2D eigenvalue weighted by atomic mass is 16.5. The molecule has 2 aromatic carbocycles. The Labute approximate surface area is 223 Å². The lowest BCUT2D eigenvalue weighted by Crippen LogP contribution is -2.60. The van der Waals surface area contributed by atoms with Gasteiger partial charge in [0, 0.05) is 50.1 Å². The number of morpholine rings is 1. The Kier molecular flexibility index (Phi) is 7.67. The van der Waals surface area contributed by atoms with E-state index in [0.29, 0.717) is 69.1 Å².